The van der Waals surface area contributed by atoms with Gasteiger partial charge in [-0.1, -0.05) is 30.3 Å². The average molecular weight is 215 g/mol. The van der Waals surface area contributed by atoms with Gasteiger partial charge >= 0.3 is 0 Å². The molecule has 16 heavy (non-hydrogen) atoms. The third kappa shape index (κ3) is 1.62. The Morgan fingerprint density at radius 3 is 2.88 bits per heavy atom. The van der Waals surface area contributed by atoms with Gasteiger partial charge in [0.25, 0.3) is 0 Å². The molecule has 2 heterocycles. The number of hydrogen-bond acceptors (Lipinski definition) is 1. The molecule has 0 N–H and O–H groups in total. The van der Waals surface area contributed by atoms with Gasteiger partial charge in [-0.05, 0) is 25.3 Å². The molecule has 0 unspecified atom stereocenters. The molecule has 0 aliphatic carbocycles. The van der Waals surface area contributed by atoms with Gasteiger partial charge < -0.3 is 0 Å². The lowest BCUT2D eigenvalue weighted by atomic mass is 10.1. The summed E-state index contributed by atoms with van der Waals surface area (Å²) in [6.07, 6.45) is 5.08. The molecule has 0 saturated carbocycles. The normalized spacial score (nSPS) is 25.4. The molecule has 0 spiro atoms. The highest BCUT2D eigenvalue weighted by molar-refractivity contribution is 5.52. The van der Waals surface area contributed by atoms with Crippen LogP contribution in [0, 0.1) is 0 Å². The van der Waals surface area contributed by atoms with Gasteiger partial charge in [0.05, 0.1) is 6.54 Å². The summed E-state index contributed by atoms with van der Waals surface area (Å²) in [7, 11) is 0. The number of fused-ring (bicyclic) bond motifs is 1. The lowest BCUT2D eigenvalue weighted by molar-refractivity contribution is -0.529. The van der Waals surface area contributed by atoms with E-state index in [1.54, 1.807) is 0 Å². The fraction of sp³-hybridized carbons (Fsp3) is 0.500. The van der Waals surface area contributed by atoms with Crippen molar-refractivity contribution in [3.63, 3.8) is 0 Å². The van der Waals surface area contributed by atoms with Crippen LogP contribution in [0.15, 0.2) is 30.3 Å². The van der Waals surface area contributed by atoms with Crippen LogP contribution in [0.1, 0.15) is 31.4 Å². The lowest BCUT2D eigenvalue weighted by Gasteiger charge is -2.17. The molecule has 0 amide bonds. The van der Waals surface area contributed by atoms with Gasteiger partial charge in [0.2, 0.25) is 6.34 Å². The Morgan fingerprint density at radius 1 is 1.31 bits per heavy atom. The number of nitrogens with zero attached hydrogens (tertiary/aromatic N) is 2. The fourth-order valence-electron chi connectivity index (χ4n) is 2.87. The summed E-state index contributed by atoms with van der Waals surface area (Å²) in [4.78, 5) is 2.49. The van der Waals surface area contributed by atoms with Crippen LogP contribution in [0.4, 0.5) is 0 Å². The van der Waals surface area contributed by atoms with Gasteiger partial charge in [0, 0.05) is 0 Å². The first-order chi connectivity index (χ1) is 7.84. The molecular weight excluding hydrogens is 196 g/mol. The predicted octanol–water partition coefficient (Wildman–Crippen LogP) is 2.27. The number of benzene rings is 1. The van der Waals surface area contributed by atoms with Crippen molar-refractivity contribution < 1.29 is 4.58 Å². The van der Waals surface area contributed by atoms with Gasteiger partial charge in [0.15, 0.2) is 0 Å². The van der Waals surface area contributed by atoms with Gasteiger partial charge in [-0.15, -0.1) is 0 Å². The van der Waals surface area contributed by atoms with E-state index in [0.29, 0.717) is 6.04 Å². The Morgan fingerprint density at radius 2 is 2.12 bits per heavy atom. The highest BCUT2D eigenvalue weighted by Crippen LogP contribution is 2.25. The molecule has 1 aromatic rings. The maximum absolute atomic E-state index is 2.51. The first-order valence-corrected chi connectivity index (χ1v) is 6.26. The standard InChI is InChI=1S/C14H19N2/c1-12(13-6-3-2-4-7-13)16-10-14-8-5-9-15(14)11-16/h2-4,6-7,11-12,14H,5,8-10H2,1H3/q+1/t12-,14-/m0/s1. The molecule has 1 aromatic carbocycles. The zero-order valence-corrected chi connectivity index (χ0v) is 9.84. The zero-order chi connectivity index (χ0) is 11.0. The molecule has 0 aromatic heterocycles. The minimum Gasteiger partial charge on any atom is -0.262 e. The van der Waals surface area contributed by atoms with Crippen LogP contribution in [0.2, 0.25) is 0 Å². The SMILES string of the molecule is C[C@@H](c1ccccc1)N1C=[N+]2CCC[C@H]2C1. The van der Waals surface area contributed by atoms with E-state index in [0.717, 1.165) is 6.04 Å². The Bertz CT molecular complexity index is 396. The second-order valence-corrected chi connectivity index (χ2v) is 4.93. The van der Waals surface area contributed by atoms with E-state index in [-0.39, 0.29) is 0 Å². The molecule has 0 bridgehead atoms. The topological polar surface area (TPSA) is 6.25 Å². The van der Waals surface area contributed by atoms with Crippen molar-refractivity contribution in [2.45, 2.75) is 31.8 Å². The summed E-state index contributed by atoms with van der Waals surface area (Å²) in [5.41, 5.74) is 1.42. The molecule has 84 valence electrons. The first-order valence-electron chi connectivity index (χ1n) is 6.26. The van der Waals surface area contributed by atoms with Crippen molar-refractivity contribution >= 4 is 6.34 Å². The summed E-state index contributed by atoms with van der Waals surface area (Å²) < 4.78 is 2.51. The highest BCUT2D eigenvalue weighted by Gasteiger charge is 2.36. The molecule has 2 nitrogen and oxygen atoms in total. The molecule has 2 heteroatoms. The molecule has 1 saturated heterocycles. The van der Waals surface area contributed by atoms with Crippen molar-refractivity contribution in [3.8, 4) is 0 Å². The maximum atomic E-state index is 2.51. The van der Waals surface area contributed by atoms with E-state index in [9.17, 15) is 0 Å². The third-order valence-electron chi connectivity index (χ3n) is 3.92. The van der Waals surface area contributed by atoms with Crippen molar-refractivity contribution in [1.82, 2.24) is 4.90 Å². The van der Waals surface area contributed by atoms with Gasteiger partial charge in [-0.2, -0.15) is 0 Å². The summed E-state index contributed by atoms with van der Waals surface area (Å²) in [5.74, 6) is 0. The molecule has 2 aliphatic heterocycles. The summed E-state index contributed by atoms with van der Waals surface area (Å²) in [5, 5.41) is 0. The molecule has 2 atom stereocenters. The van der Waals surface area contributed by atoms with Crippen molar-refractivity contribution in [2.24, 2.45) is 0 Å². The number of hydrogen-bond donors (Lipinski definition) is 0. The van der Waals surface area contributed by atoms with Crippen LogP contribution in [0.3, 0.4) is 0 Å². The smallest absolute Gasteiger partial charge is 0.235 e. The fourth-order valence-corrected chi connectivity index (χ4v) is 2.87. The van der Waals surface area contributed by atoms with E-state index in [4.69, 9.17) is 0 Å². The monoisotopic (exact) mass is 215 g/mol. The third-order valence-corrected chi connectivity index (χ3v) is 3.92. The van der Waals surface area contributed by atoms with Crippen molar-refractivity contribution in [3.05, 3.63) is 35.9 Å². The second kappa shape index (κ2) is 3.93. The maximum Gasteiger partial charge on any atom is 0.235 e. The van der Waals surface area contributed by atoms with E-state index in [1.165, 1.54) is 31.5 Å². The van der Waals surface area contributed by atoms with Crippen molar-refractivity contribution in [1.29, 1.82) is 0 Å². The number of rotatable bonds is 2. The minimum absolute atomic E-state index is 0.506. The second-order valence-electron chi connectivity index (χ2n) is 4.93. The van der Waals surface area contributed by atoms with Crippen molar-refractivity contribution in [2.75, 3.05) is 13.1 Å². The van der Waals surface area contributed by atoms with Gasteiger partial charge in [0.1, 0.15) is 18.6 Å². The van der Waals surface area contributed by atoms with Gasteiger partial charge in [-0.3, -0.25) is 9.48 Å². The Kier molecular flexibility index (Phi) is 2.43. The first kappa shape index (κ1) is 9.88. The van der Waals surface area contributed by atoms with Gasteiger partial charge in [-0.25, -0.2) is 0 Å². The van der Waals surface area contributed by atoms with E-state index < -0.39 is 0 Å². The molecular formula is C14H19N2+. The zero-order valence-electron chi connectivity index (χ0n) is 9.84. The van der Waals surface area contributed by atoms with Crippen LogP contribution in [-0.2, 0) is 0 Å². The minimum atomic E-state index is 0.506. The Balaban J connectivity index is 1.78. The quantitative estimate of drug-likeness (QED) is 0.686. The van der Waals surface area contributed by atoms with Crippen LogP contribution in [0.25, 0.3) is 0 Å². The Labute approximate surface area is 97.2 Å². The predicted molar refractivity (Wildman–Crippen MR) is 65.8 cm³/mol. The molecule has 2 aliphatic rings. The highest BCUT2D eigenvalue weighted by atomic mass is 15.3. The van der Waals surface area contributed by atoms with E-state index >= 15 is 0 Å². The van der Waals surface area contributed by atoms with E-state index in [1.807, 2.05) is 0 Å². The molecule has 3 rings (SSSR count). The lowest BCUT2D eigenvalue weighted by Crippen LogP contribution is -2.26. The Hall–Kier alpha value is -1.31. The van der Waals surface area contributed by atoms with Crippen LogP contribution in [-0.4, -0.2) is 34.9 Å². The summed E-state index contributed by atoms with van der Waals surface area (Å²) >= 11 is 0. The van der Waals surface area contributed by atoms with Crippen LogP contribution < -0.4 is 0 Å². The van der Waals surface area contributed by atoms with E-state index in [2.05, 4.69) is 53.1 Å². The van der Waals surface area contributed by atoms with Crippen LogP contribution in [0.5, 0.6) is 0 Å². The molecule has 0 radical (unpaired) electrons. The largest absolute Gasteiger partial charge is 0.262 e. The molecule has 1 fully saturated rings. The van der Waals surface area contributed by atoms with Crippen LogP contribution >= 0.6 is 0 Å². The summed E-state index contributed by atoms with van der Waals surface area (Å²) in [6.45, 7) is 4.76. The average Bonchev–Trinajstić information content (AvgIpc) is 2.89. The summed E-state index contributed by atoms with van der Waals surface area (Å²) in [6, 6.07) is 12.1.